The molecule has 3 aliphatic heterocycles. The van der Waals surface area contributed by atoms with Crippen LogP contribution in [-0.2, 0) is 72.7 Å². The number of hydrogen-bond donors (Lipinski definition) is 10. The molecule has 9 aromatic heterocycles. The lowest BCUT2D eigenvalue weighted by Gasteiger charge is -2.26. The zero-order valence-electron chi connectivity index (χ0n) is 57.3. The van der Waals surface area contributed by atoms with Gasteiger partial charge < -0.3 is 67.0 Å². The standard InChI is InChI=1S/2C23H28N6O4.C16H25N5O.C7H5NO4.ClH/c1-3-18-16(12-25-22(30)19-11-14(23(31)32)5-8-24-19)20(27-15-6-9-33-10-7-15)17-13-26-29(4-2)21(17)28-18;1-3-18-16(12-25-22(30)14-5-8-24-19(11-14)23(31)32)20(27-15-6-9-33-10-7-15)17-13-26-29(4-2)21(17)28-18;1-3-14-12(9-17)15(19-11-5-7-22-8-6-11)13-10-18-21(4-2)16(13)20-14;9-6(10)4-1-2-8-5(3-4)7(11)12;/h2*5,8,11,13,15H,3-4,6-7,9-10,12H2,1-2H3,(H,25,30)(H,27,28)(H,31,32);10-11H,3-9,17H2,1-2H3,(H,19,20);1-3H,(H,9,10)(H,11,12);1H. The second kappa shape index (κ2) is 36.7. The van der Waals surface area contributed by atoms with Gasteiger partial charge in [0.25, 0.3) is 11.8 Å². The maximum Gasteiger partial charge on any atom is 0.354 e. The molecule has 31 nitrogen and oxygen atoms in total. The minimum Gasteiger partial charge on any atom is -0.478 e. The Morgan fingerprint density at radius 1 is 0.455 bits per heavy atom. The number of aromatic nitrogens is 12. The summed E-state index contributed by atoms with van der Waals surface area (Å²) < 4.78 is 22.1. The Kier molecular flexibility index (Phi) is 27.7. The van der Waals surface area contributed by atoms with Gasteiger partial charge in [0, 0.05) is 155 Å². The molecule has 12 heterocycles. The van der Waals surface area contributed by atoms with E-state index in [0.29, 0.717) is 64.9 Å². The van der Waals surface area contributed by atoms with Crippen molar-refractivity contribution in [2.75, 3.05) is 55.6 Å². The Morgan fingerprint density at radius 3 is 1.11 bits per heavy atom. The van der Waals surface area contributed by atoms with Crippen LogP contribution in [0.3, 0.4) is 0 Å². The van der Waals surface area contributed by atoms with Crippen LogP contribution in [0.4, 0.5) is 17.1 Å². The number of pyridine rings is 6. The summed E-state index contributed by atoms with van der Waals surface area (Å²) in [5.74, 6) is -5.50. The number of carboxylic acids is 4. The molecule has 12 rings (SSSR count). The molecule has 538 valence electrons. The van der Waals surface area contributed by atoms with Crippen LogP contribution in [0, 0.1) is 0 Å². The number of carboxylic acid groups (broad SMARTS) is 4. The fourth-order valence-corrected chi connectivity index (χ4v) is 11.9. The van der Waals surface area contributed by atoms with Gasteiger partial charge in [-0.3, -0.25) is 14.6 Å². The average Bonchev–Trinajstić information content (AvgIpc) is 1.70. The van der Waals surface area contributed by atoms with Crippen molar-refractivity contribution in [1.29, 1.82) is 0 Å². The number of fused-ring (bicyclic) bond motifs is 3. The van der Waals surface area contributed by atoms with E-state index < -0.39 is 29.8 Å². The van der Waals surface area contributed by atoms with E-state index in [2.05, 4.69) is 70.7 Å². The molecular formula is C69H87ClN18O13. The molecule has 0 bridgehead atoms. The highest BCUT2D eigenvalue weighted by atomic mass is 35.5. The highest BCUT2D eigenvalue weighted by Gasteiger charge is 2.27. The Labute approximate surface area is 588 Å². The van der Waals surface area contributed by atoms with Crippen molar-refractivity contribution in [2.45, 2.75) is 157 Å². The SMILES string of the molecule is CCc1nc2c(cnn2CC)c(NC2CCOCC2)c1CN.CCc1nc2c(cnn2CC)c(NC2CCOCC2)c1CNC(=O)c1cc(C(=O)O)ccn1.CCc1nc2c(cnn2CC)c(NC2CCOCC2)c1CNC(=O)c1ccnc(C(=O)O)c1.Cl.O=C(O)c1ccnc(C(=O)O)c1. The smallest absolute Gasteiger partial charge is 0.354 e. The van der Waals surface area contributed by atoms with Crippen molar-refractivity contribution in [3.8, 4) is 0 Å². The number of rotatable bonds is 23. The second-order valence-corrected chi connectivity index (χ2v) is 23.6. The number of aryl methyl sites for hydroxylation is 6. The van der Waals surface area contributed by atoms with Gasteiger partial charge in [0.2, 0.25) is 0 Å². The normalized spacial score (nSPS) is 14.0. The largest absolute Gasteiger partial charge is 0.478 e. The van der Waals surface area contributed by atoms with E-state index in [-0.39, 0.29) is 77.3 Å². The molecule has 0 atom stereocenters. The molecule has 2 amide bonds. The number of nitrogens with two attached hydrogens (primary N) is 1. The summed E-state index contributed by atoms with van der Waals surface area (Å²) in [5.41, 5.74) is 17.1. The first-order valence-corrected chi connectivity index (χ1v) is 33.6. The van der Waals surface area contributed by atoms with E-state index in [1.54, 1.807) is 0 Å². The third-order valence-corrected chi connectivity index (χ3v) is 17.3. The second-order valence-electron chi connectivity index (χ2n) is 23.6. The van der Waals surface area contributed by atoms with Crippen molar-refractivity contribution in [2.24, 2.45) is 5.73 Å². The molecule has 3 aliphatic rings. The molecule has 0 radical (unpaired) electrons. The van der Waals surface area contributed by atoms with E-state index in [0.717, 1.165) is 161 Å². The molecular weight excluding hydrogens is 1320 g/mol. The molecule has 9 aromatic rings. The maximum absolute atomic E-state index is 12.8. The minimum absolute atomic E-state index is 0. The highest BCUT2D eigenvalue weighted by Crippen LogP contribution is 2.34. The first-order chi connectivity index (χ1) is 48.4. The third kappa shape index (κ3) is 19.0. The molecule has 101 heavy (non-hydrogen) atoms. The number of halogens is 1. The summed E-state index contributed by atoms with van der Waals surface area (Å²) in [5, 5.41) is 68.5. The van der Waals surface area contributed by atoms with Crippen LogP contribution < -0.4 is 32.3 Å². The van der Waals surface area contributed by atoms with Gasteiger partial charge in [0.05, 0.1) is 62.9 Å². The van der Waals surface area contributed by atoms with Crippen molar-refractivity contribution < 1.29 is 63.4 Å². The fourth-order valence-electron chi connectivity index (χ4n) is 11.9. The summed E-state index contributed by atoms with van der Waals surface area (Å²) in [6.07, 6.45) is 17.2. The zero-order valence-corrected chi connectivity index (χ0v) is 58.1. The van der Waals surface area contributed by atoms with E-state index >= 15 is 0 Å². The van der Waals surface area contributed by atoms with Crippen molar-refractivity contribution in [3.63, 3.8) is 0 Å². The maximum atomic E-state index is 12.8. The Morgan fingerprint density at radius 2 is 0.772 bits per heavy atom. The summed E-state index contributed by atoms with van der Waals surface area (Å²) in [6.45, 7) is 20.0. The van der Waals surface area contributed by atoms with Gasteiger partial charge in [0.15, 0.2) is 16.9 Å². The molecule has 3 fully saturated rings. The van der Waals surface area contributed by atoms with E-state index in [1.807, 2.05) is 60.3 Å². The predicted molar refractivity (Wildman–Crippen MR) is 378 cm³/mol. The van der Waals surface area contributed by atoms with Gasteiger partial charge in [-0.25, -0.2) is 58.1 Å². The monoisotopic (exact) mass is 1410 g/mol. The molecule has 11 N–H and O–H groups in total. The van der Waals surface area contributed by atoms with Crippen molar-refractivity contribution in [1.82, 2.24) is 69.9 Å². The molecule has 32 heteroatoms. The lowest BCUT2D eigenvalue weighted by molar-refractivity contribution is 0.0676. The quantitative estimate of drug-likeness (QED) is 0.0288. The van der Waals surface area contributed by atoms with Crippen LogP contribution >= 0.6 is 12.4 Å². The van der Waals surface area contributed by atoms with Crippen molar-refractivity contribution >= 4 is 98.3 Å². The van der Waals surface area contributed by atoms with Crippen LogP contribution in [0.2, 0.25) is 0 Å². The molecule has 0 spiro atoms. The highest BCUT2D eigenvalue weighted by molar-refractivity contribution is 5.99. The van der Waals surface area contributed by atoms with Gasteiger partial charge in [-0.15, -0.1) is 12.4 Å². The fraction of sp³-hybridized carbons (Fsp3) is 0.435. The number of hydrogen-bond acceptors (Lipinski definition) is 22. The lowest BCUT2D eigenvalue weighted by Crippen LogP contribution is -2.30. The van der Waals surface area contributed by atoms with Crippen LogP contribution in [0.5, 0.6) is 0 Å². The van der Waals surface area contributed by atoms with E-state index in [4.69, 9.17) is 50.2 Å². The number of nitrogens with zero attached hydrogens (tertiary/aromatic N) is 12. The summed E-state index contributed by atoms with van der Waals surface area (Å²) in [6, 6.07) is 8.57. The number of ether oxygens (including phenoxy) is 3. The Hall–Kier alpha value is -10.3. The van der Waals surface area contributed by atoms with E-state index in [1.165, 1.54) is 42.7 Å². The van der Waals surface area contributed by atoms with Crippen molar-refractivity contribution in [3.05, 3.63) is 141 Å². The Bertz CT molecular complexity index is 4160. The van der Waals surface area contributed by atoms with Crippen LogP contribution in [-0.4, -0.2) is 173 Å². The number of carbonyl (C=O) groups is 6. The first-order valence-electron chi connectivity index (χ1n) is 33.6. The lowest BCUT2D eigenvalue weighted by atomic mass is 10.0. The number of amides is 2. The predicted octanol–water partition coefficient (Wildman–Crippen LogP) is 8.22. The molecule has 0 aliphatic carbocycles. The van der Waals surface area contributed by atoms with Gasteiger partial charge in [0.1, 0.15) is 17.1 Å². The van der Waals surface area contributed by atoms with Gasteiger partial charge in [-0.2, -0.15) is 15.3 Å². The summed E-state index contributed by atoms with van der Waals surface area (Å²) >= 11 is 0. The van der Waals surface area contributed by atoms with Crippen LogP contribution in [0.15, 0.2) is 73.6 Å². The van der Waals surface area contributed by atoms with Crippen LogP contribution in [0.1, 0.15) is 176 Å². The number of aromatic carboxylic acids is 4. The average molecular weight is 1410 g/mol. The number of nitrogens with one attached hydrogen (secondary N) is 5. The molecule has 3 saturated heterocycles. The minimum atomic E-state index is -1.24. The summed E-state index contributed by atoms with van der Waals surface area (Å²) in [4.78, 5) is 94.5. The zero-order chi connectivity index (χ0) is 71.4. The van der Waals surface area contributed by atoms with Gasteiger partial charge in [-0.1, -0.05) is 20.8 Å². The van der Waals surface area contributed by atoms with Gasteiger partial charge in [-0.05, 0) is 115 Å². The van der Waals surface area contributed by atoms with Crippen LogP contribution in [0.25, 0.3) is 33.1 Å². The van der Waals surface area contributed by atoms with Gasteiger partial charge >= 0.3 is 23.9 Å². The number of carbonyl (C=O) groups excluding carboxylic acids is 2. The topological polar surface area (TPSA) is 428 Å². The third-order valence-electron chi connectivity index (χ3n) is 17.3. The number of anilines is 3. The molecule has 0 saturated carbocycles. The first kappa shape index (κ1) is 76.4. The Balaban J connectivity index is 0.000000180. The molecule has 0 aromatic carbocycles. The summed E-state index contributed by atoms with van der Waals surface area (Å²) in [7, 11) is 0. The van der Waals surface area contributed by atoms with E-state index in [9.17, 15) is 33.9 Å². The molecule has 0 unspecified atom stereocenters.